The van der Waals surface area contributed by atoms with Crippen LogP contribution in [0, 0.1) is 10.4 Å². The van der Waals surface area contributed by atoms with Crippen molar-refractivity contribution in [2.24, 2.45) is 0 Å². The number of hydrogen-bond donors (Lipinski definition) is 1. The van der Waals surface area contributed by atoms with Crippen LogP contribution in [0.5, 0.6) is 11.5 Å². The van der Waals surface area contributed by atoms with Crippen LogP contribution in [0.2, 0.25) is 0 Å². The highest BCUT2D eigenvalue weighted by Crippen LogP contribution is 2.35. The number of piperazine rings is 1. The number of rotatable bonds is 12. The van der Waals surface area contributed by atoms with Gasteiger partial charge in [-0.15, -0.1) is 0 Å². The zero-order valence-electron chi connectivity index (χ0n) is 17.9. The van der Waals surface area contributed by atoms with Crippen molar-refractivity contribution in [2.45, 2.75) is 65.3 Å². The molecule has 6 heteroatoms. The third kappa shape index (κ3) is 6.92. The topological polar surface area (TPSA) is 69.0 Å². The Bertz CT molecular complexity index is 586. The van der Waals surface area contributed by atoms with Crippen LogP contribution in [-0.4, -0.2) is 44.5 Å². The fraction of sp³-hybridized carbons (Fsp3) is 0.727. The Balaban J connectivity index is 2.06. The van der Waals surface area contributed by atoms with Crippen molar-refractivity contribution >= 4 is 0 Å². The van der Waals surface area contributed by atoms with Crippen molar-refractivity contribution in [3.05, 3.63) is 33.7 Å². The quantitative estimate of drug-likeness (QED) is 0.336. The van der Waals surface area contributed by atoms with Gasteiger partial charge in [0, 0.05) is 0 Å². The largest absolute Gasteiger partial charge is 0.634 e. The van der Waals surface area contributed by atoms with E-state index in [1.165, 1.54) is 25.7 Å². The summed E-state index contributed by atoms with van der Waals surface area (Å²) in [6.07, 6.45) is 8.11. The molecule has 1 saturated heterocycles. The standard InChI is InChI=1S/C22H38N2O4/c1-4-6-7-8-9-10-15-28-22-20(16-19(5-2)17-21(22)27-3)18-24(26)13-11-23(25)12-14-24/h16-17,23H,4-15,18H2,1-3H3. The van der Waals surface area contributed by atoms with E-state index in [2.05, 4.69) is 19.9 Å². The second-order valence-corrected chi connectivity index (χ2v) is 7.96. The lowest BCUT2D eigenvalue weighted by Crippen LogP contribution is -3.11. The first-order valence-corrected chi connectivity index (χ1v) is 10.9. The molecular formula is C22H38N2O4. The van der Waals surface area contributed by atoms with E-state index in [0.29, 0.717) is 50.8 Å². The van der Waals surface area contributed by atoms with E-state index in [0.717, 1.165) is 30.4 Å². The summed E-state index contributed by atoms with van der Waals surface area (Å²) in [4.78, 5) is 0. The van der Waals surface area contributed by atoms with Crippen molar-refractivity contribution in [3.63, 3.8) is 0 Å². The molecule has 0 radical (unpaired) electrons. The van der Waals surface area contributed by atoms with Gasteiger partial charge in [0.05, 0.1) is 19.3 Å². The Kier molecular flexibility index (Phi) is 9.51. The second-order valence-electron chi connectivity index (χ2n) is 7.96. The molecule has 1 N–H and O–H groups in total. The number of ether oxygens (including phenoxy) is 2. The Morgan fingerprint density at radius 2 is 1.71 bits per heavy atom. The molecule has 0 saturated carbocycles. The van der Waals surface area contributed by atoms with Crippen LogP contribution in [0.1, 0.15) is 63.5 Å². The minimum absolute atomic E-state index is 0.198. The van der Waals surface area contributed by atoms with E-state index in [-0.39, 0.29) is 9.71 Å². The molecule has 0 amide bonds. The van der Waals surface area contributed by atoms with Crippen molar-refractivity contribution in [1.82, 2.24) is 0 Å². The lowest BCUT2D eigenvalue weighted by molar-refractivity contribution is -0.985. The molecule has 0 spiro atoms. The lowest BCUT2D eigenvalue weighted by Gasteiger charge is -2.47. The number of hydroxylamine groups is 5. The van der Waals surface area contributed by atoms with Gasteiger partial charge in [0.25, 0.3) is 0 Å². The van der Waals surface area contributed by atoms with E-state index in [4.69, 9.17) is 9.47 Å². The van der Waals surface area contributed by atoms with E-state index in [9.17, 15) is 10.4 Å². The molecule has 0 bridgehead atoms. The first-order valence-electron chi connectivity index (χ1n) is 10.9. The molecule has 1 aliphatic heterocycles. The van der Waals surface area contributed by atoms with Gasteiger partial charge in [-0.05, 0) is 30.5 Å². The molecular weight excluding hydrogens is 356 g/mol. The summed E-state index contributed by atoms with van der Waals surface area (Å²) in [5, 5.41) is 24.9. The highest BCUT2D eigenvalue weighted by molar-refractivity contribution is 5.49. The van der Waals surface area contributed by atoms with E-state index < -0.39 is 0 Å². The van der Waals surface area contributed by atoms with Crippen LogP contribution >= 0.6 is 0 Å². The molecule has 6 nitrogen and oxygen atoms in total. The Morgan fingerprint density at radius 3 is 2.36 bits per heavy atom. The van der Waals surface area contributed by atoms with Gasteiger partial charge in [-0.1, -0.05) is 46.0 Å². The number of nitrogens with zero attached hydrogens (tertiary/aromatic N) is 1. The normalized spacial score (nSPS) is 22.2. The van der Waals surface area contributed by atoms with Crippen molar-refractivity contribution in [2.75, 3.05) is 39.9 Å². The lowest BCUT2D eigenvalue weighted by atomic mass is 10.1. The Labute approximate surface area is 170 Å². The van der Waals surface area contributed by atoms with Gasteiger partial charge >= 0.3 is 0 Å². The van der Waals surface area contributed by atoms with Crippen LogP contribution in [0.3, 0.4) is 0 Å². The molecule has 1 aromatic carbocycles. The minimum Gasteiger partial charge on any atom is -0.634 e. The van der Waals surface area contributed by atoms with Gasteiger partial charge < -0.3 is 29.6 Å². The summed E-state index contributed by atoms with van der Waals surface area (Å²) in [5.41, 5.74) is 2.05. The van der Waals surface area contributed by atoms with Crippen LogP contribution in [0.15, 0.2) is 12.1 Å². The number of aryl methyl sites for hydroxylation is 1. The fourth-order valence-corrected chi connectivity index (χ4v) is 3.78. The molecule has 1 heterocycles. The molecule has 1 fully saturated rings. The predicted molar refractivity (Wildman–Crippen MR) is 112 cm³/mol. The molecule has 1 aromatic rings. The summed E-state index contributed by atoms with van der Waals surface area (Å²) >= 11 is 0. The SMILES string of the molecule is CCCCCCCCOc1c(C[N+]2([O-])CC[NH+]([O-])CC2)cc(CC)cc1OC. The zero-order valence-corrected chi connectivity index (χ0v) is 17.9. The van der Waals surface area contributed by atoms with E-state index in [1.807, 2.05) is 6.07 Å². The first kappa shape index (κ1) is 22.9. The summed E-state index contributed by atoms with van der Waals surface area (Å²) in [6.45, 7) is 6.76. The average molecular weight is 395 g/mol. The Morgan fingerprint density at radius 1 is 1.04 bits per heavy atom. The number of nitrogens with one attached hydrogen (secondary N) is 1. The molecule has 160 valence electrons. The minimum atomic E-state index is -0.352. The second kappa shape index (κ2) is 11.6. The summed E-state index contributed by atoms with van der Waals surface area (Å²) in [7, 11) is 1.65. The summed E-state index contributed by atoms with van der Waals surface area (Å²) < 4.78 is 11.4. The van der Waals surface area contributed by atoms with E-state index >= 15 is 0 Å². The van der Waals surface area contributed by atoms with Crippen molar-refractivity contribution < 1.29 is 19.2 Å². The van der Waals surface area contributed by atoms with Gasteiger partial charge in [0.2, 0.25) is 0 Å². The van der Waals surface area contributed by atoms with Crippen LogP contribution < -0.4 is 14.5 Å². The van der Waals surface area contributed by atoms with Crippen LogP contribution in [-0.2, 0) is 13.0 Å². The van der Waals surface area contributed by atoms with Gasteiger partial charge in [0.1, 0.15) is 32.7 Å². The maximum atomic E-state index is 13.2. The maximum Gasteiger partial charge on any atom is 0.169 e. The summed E-state index contributed by atoms with van der Waals surface area (Å²) in [6, 6.07) is 4.09. The van der Waals surface area contributed by atoms with Gasteiger partial charge in [0.15, 0.2) is 11.5 Å². The highest BCUT2D eigenvalue weighted by Gasteiger charge is 2.27. The summed E-state index contributed by atoms with van der Waals surface area (Å²) in [5.74, 6) is 1.42. The fourth-order valence-electron chi connectivity index (χ4n) is 3.78. The van der Waals surface area contributed by atoms with Crippen LogP contribution in [0.4, 0.5) is 0 Å². The molecule has 0 atom stereocenters. The van der Waals surface area contributed by atoms with Crippen LogP contribution in [0.25, 0.3) is 0 Å². The number of benzene rings is 1. The predicted octanol–water partition coefficient (Wildman–Crippen LogP) is 3.21. The number of unbranched alkanes of at least 4 members (excludes halogenated alkanes) is 5. The van der Waals surface area contributed by atoms with E-state index in [1.54, 1.807) is 7.11 Å². The average Bonchev–Trinajstić information content (AvgIpc) is 2.70. The molecule has 2 rings (SSSR count). The number of hydrogen-bond acceptors (Lipinski definition) is 4. The van der Waals surface area contributed by atoms with Gasteiger partial charge in [-0.3, -0.25) is 0 Å². The monoisotopic (exact) mass is 394 g/mol. The van der Waals surface area contributed by atoms with Gasteiger partial charge in [-0.2, -0.15) is 0 Å². The first-order chi connectivity index (χ1) is 13.5. The number of quaternary nitrogens is 2. The molecule has 1 aliphatic rings. The van der Waals surface area contributed by atoms with Crippen molar-refractivity contribution in [1.29, 1.82) is 0 Å². The third-order valence-corrected chi connectivity index (χ3v) is 5.62. The zero-order chi connectivity index (χ0) is 20.4. The van der Waals surface area contributed by atoms with Crippen molar-refractivity contribution in [3.8, 4) is 11.5 Å². The third-order valence-electron chi connectivity index (χ3n) is 5.62. The number of methoxy groups -OCH3 is 1. The van der Waals surface area contributed by atoms with Gasteiger partial charge in [-0.25, -0.2) is 0 Å². The molecule has 0 aromatic heterocycles. The molecule has 0 unspecified atom stereocenters. The smallest absolute Gasteiger partial charge is 0.169 e. The molecule has 28 heavy (non-hydrogen) atoms. The maximum absolute atomic E-state index is 13.2. The highest BCUT2D eigenvalue weighted by atomic mass is 16.6. The molecule has 0 aliphatic carbocycles. The Hall–Kier alpha value is -1.34.